The summed E-state index contributed by atoms with van der Waals surface area (Å²) in [5.74, 6) is -11.6. The lowest BCUT2D eigenvalue weighted by atomic mass is 9.91. The highest BCUT2D eigenvalue weighted by Gasteiger charge is 2.46. The third-order valence-electron chi connectivity index (χ3n) is 18.3. The molecule has 0 spiro atoms. The van der Waals surface area contributed by atoms with Crippen molar-refractivity contribution < 1.29 is 67.7 Å². The highest BCUT2D eigenvalue weighted by Crippen LogP contribution is 2.28. The highest BCUT2D eigenvalue weighted by molar-refractivity contribution is 6.06. The SMILES string of the molecule is CC[C@@H]1NC(=O)[C@H]([C@H](O)[C@H](C)CC=Cc2ccc(C(=O)O)c3ccccc23)N(C)C(=O)[C@H](C(C)C)N(C)C(=O)[C@H](CC(C)C)N(C)C(=O)[C@H](CC(C)C)N(C)C(=O)[C@@H](C)NC(=O)[C@H](C)NC(=O)[C@H](CC(C)C)N(C)C(=O)[C@H](C(C)C)NC(=O)[C@H](CC(C)C)N(C)C(=O)CN(C)C1=O. The molecule has 25 nitrogen and oxygen atoms in total. The van der Waals surface area contributed by atoms with E-state index in [0.29, 0.717) is 16.3 Å². The van der Waals surface area contributed by atoms with E-state index in [1.165, 1.54) is 93.7 Å². The molecule has 1 saturated heterocycles. The number of likely N-dealkylation sites (N-methyl/N-ethyl adjacent to an activating group) is 7. The van der Waals surface area contributed by atoms with Crippen LogP contribution in [0.5, 0.6) is 0 Å². The number of amides is 11. The first-order valence-electron chi connectivity index (χ1n) is 34.2. The lowest BCUT2D eigenvalue weighted by Crippen LogP contribution is -2.63. The Kier molecular flexibility index (Phi) is 31.9. The van der Waals surface area contributed by atoms with Crippen molar-refractivity contribution in [1.29, 1.82) is 0 Å². The fraction of sp³-hybridized carbons (Fsp3) is 0.667. The number of nitrogens with one attached hydrogen (secondary N) is 4. The van der Waals surface area contributed by atoms with Crippen LogP contribution in [-0.4, -0.2) is 238 Å². The molecule has 542 valence electrons. The Bertz CT molecular complexity index is 3150. The van der Waals surface area contributed by atoms with Crippen LogP contribution >= 0.6 is 0 Å². The van der Waals surface area contributed by atoms with Crippen LogP contribution in [0.1, 0.15) is 165 Å². The summed E-state index contributed by atoms with van der Waals surface area (Å²) in [5, 5.41) is 34.6. The van der Waals surface area contributed by atoms with Crippen molar-refractivity contribution in [3.63, 3.8) is 0 Å². The maximum atomic E-state index is 15.5. The number of aliphatic hydroxyl groups is 1. The number of hydrogen-bond acceptors (Lipinski definition) is 13. The minimum Gasteiger partial charge on any atom is -0.478 e. The summed E-state index contributed by atoms with van der Waals surface area (Å²) in [6.45, 7) is 27.2. The zero-order valence-corrected chi connectivity index (χ0v) is 61.9. The lowest BCUT2D eigenvalue weighted by Gasteiger charge is -2.41. The number of fused-ring (bicyclic) bond motifs is 1. The van der Waals surface area contributed by atoms with Crippen LogP contribution in [0.4, 0.5) is 0 Å². The molecule has 1 fully saturated rings. The molecule has 1 heterocycles. The third kappa shape index (κ3) is 22.0. The van der Waals surface area contributed by atoms with Gasteiger partial charge in [0.2, 0.25) is 65.0 Å². The topological polar surface area (TPSA) is 316 Å². The molecule has 0 aromatic heterocycles. The molecule has 0 saturated carbocycles. The molecular formula is C72H115N11O14. The van der Waals surface area contributed by atoms with Gasteiger partial charge in [-0.2, -0.15) is 0 Å². The predicted molar refractivity (Wildman–Crippen MR) is 374 cm³/mol. The molecule has 2 aromatic rings. The van der Waals surface area contributed by atoms with Gasteiger partial charge in [0, 0.05) is 49.3 Å². The van der Waals surface area contributed by atoms with Crippen LogP contribution in [0.25, 0.3) is 16.8 Å². The fourth-order valence-electron chi connectivity index (χ4n) is 12.4. The van der Waals surface area contributed by atoms with E-state index in [-0.39, 0.29) is 67.8 Å². The fourth-order valence-corrected chi connectivity index (χ4v) is 12.4. The number of hydrogen-bond donors (Lipinski definition) is 6. The van der Waals surface area contributed by atoms with Crippen molar-refractivity contribution in [2.45, 2.75) is 216 Å². The zero-order valence-electron chi connectivity index (χ0n) is 61.9. The van der Waals surface area contributed by atoms with E-state index in [1.54, 1.807) is 84.0 Å². The van der Waals surface area contributed by atoms with Gasteiger partial charge in [-0.25, -0.2) is 4.79 Å². The standard InChI is InChI=1S/C72H115N11O14/c1-24-52-67(91)77(17)38-57(84)78(18)53(34-39(2)3)64(88)76-58(43(10)11)70(94)79(19)54(35-40(4)5)63(87)73-46(15)62(86)74-47(16)66(90)80(20)55(36-41(6)7)68(92)81(21)56(37-42(8)9)69(93)82(22)59(44(12)13)71(95)83(23)60(65(89)75-52)61(85)45(14)28-27-29-48-32-33-51(72(96)97)50-31-26-25-30-49(48)50/h25-27,29-33,39-47,52-56,58-61,85H,24,28,34-38H2,1-23H3,(H,73,87)(H,74,86)(H,75,89)(H,76,88)(H,96,97)/t45-,46+,47-,52+,53+,54+,55+,56+,58+,59+,60+,61-/m1/s1. The van der Waals surface area contributed by atoms with Crippen molar-refractivity contribution in [1.82, 2.24) is 55.6 Å². The van der Waals surface area contributed by atoms with Crippen molar-refractivity contribution >= 4 is 87.8 Å². The van der Waals surface area contributed by atoms with E-state index in [2.05, 4.69) is 21.3 Å². The zero-order chi connectivity index (χ0) is 74.1. The maximum Gasteiger partial charge on any atom is 0.336 e. The molecule has 12 atom stereocenters. The van der Waals surface area contributed by atoms with Gasteiger partial charge < -0.3 is 65.8 Å². The van der Waals surface area contributed by atoms with Gasteiger partial charge in [0.05, 0.1) is 18.2 Å². The molecule has 0 bridgehead atoms. The Morgan fingerprint density at radius 3 is 1.44 bits per heavy atom. The summed E-state index contributed by atoms with van der Waals surface area (Å²) in [5.41, 5.74) is 0.787. The van der Waals surface area contributed by atoms with Crippen LogP contribution in [0.15, 0.2) is 42.5 Å². The minimum absolute atomic E-state index is 0.0339. The van der Waals surface area contributed by atoms with Gasteiger partial charge in [-0.15, -0.1) is 0 Å². The van der Waals surface area contributed by atoms with Gasteiger partial charge in [-0.3, -0.25) is 52.7 Å². The summed E-state index contributed by atoms with van der Waals surface area (Å²) >= 11 is 0. The summed E-state index contributed by atoms with van der Waals surface area (Å²) in [6, 6.07) is -2.68. The molecular weight excluding hydrogens is 1240 g/mol. The summed E-state index contributed by atoms with van der Waals surface area (Å²) in [6.07, 6.45) is 2.45. The number of nitrogens with zero attached hydrogens (tertiary/aromatic N) is 7. The number of carbonyl (C=O) groups excluding carboxylic acids is 11. The molecule has 0 aliphatic carbocycles. The van der Waals surface area contributed by atoms with Gasteiger partial charge in [0.1, 0.15) is 60.4 Å². The van der Waals surface area contributed by atoms with Gasteiger partial charge in [0.15, 0.2) is 0 Å². The van der Waals surface area contributed by atoms with E-state index in [9.17, 15) is 48.6 Å². The van der Waals surface area contributed by atoms with Gasteiger partial charge >= 0.3 is 5.97 Å². The molecule has 0 unspecified atom stereocenters. The smallest absolute Gasteiger partial charge is 0.336 e. The Labute approximate surface area is 575 Å². The average molecular weight is 1360 g/mol. The number of rotatable bonds is 17. The second-order valence-corrected chi connectivity index (χ2v) is 29.0. The molecule has 6 N–H and O–H groups in total. The molecule has 97 heavy (non-hydrogen) atoms. The first-order valence-corrected chi connectivity index (χ1v) is 34.2. The second kappa shape index (κ2) is 37.1. The Morgan fingerprint density at radius 1 is 0.495 bits per heavy atom. The quantitative estimate of drug-likeness (QED) is 0.118. The van der Waals surface area contributed by atoms with Crippen LogP contribution < -0.4 is 21.3 Å². The summed E-state index contributed by atoms with van der Waals surface area (Å²) < 4.78 is 0. The van der Waals surface area contributed by atoms with E-state index in [4.69, 9.17) is 0 Å². The van der Waals surface area contributed by atoms with Gasteiger partial charge in [0.25, 0.3) is 0 Å². The lowest BCUT2D eigenvalue weighted by molar-refractivity contribution is -0.157. The predicted octanol–water partition coefficient (Wildman–Crippen LogP) is 5.26. The largest absolute Gasteiger partial charge is 0.478 e. The molecule has 25 heteroatoms. The highest BCUT2D eigenvalue weighted by atomic mass is 16.4. The minimum atomic E-state index is -1.74. The maximum absolute atomic E-state index is 15.5. The molecule has 3 rings (SSSR count). The number of carboxylic acids is 1. The monoisotopic (exact) mass is 1360 g/mol. The van der Waals surface area contributed by atoms with Gasteiger partial charge in [-0.1, -0.05) is 139 Å². The van der Waals surface area contributed by atoms with Crippen molar-refractivity contribution in [3.05, 3.63) is 53.6 Å². The van der Waals surface area contributed by atoms with Gasteiger partial charge in [-0.05, 0) is 116 Å². The van der Waals surface area contributed by atoms with E-state index in [0.717, 1.165) is 9.80 Å². The van der Waals surface area contributed by atoms with Crippen molar-refractivity contribution in [2.24, 2.45) is 41.4 Å². The molecule has 11 amide bonds. The second-order valence-electron chi connectivity index (χ2n) is 29.0. The summed E-state index contributed by atoms with van der Waals surface area (Å²) in [7, 11) is 9.79. The van der Waals surface area contributed by atoms with Crippen molar-refractivity contribution in [2.75, 3.05) is 55.9 Å². The molecule has 1 aliphatic heterocycles. The Balaban J connectivity index is 2.33. The number of aromatic carboxylic acids is 1. The van der Waals surface area contributed by atoms with Crippen LogP contribution in [0.3, 0.4) is 0 Å². The van der Waals surface area contributed by atoms with E-state index >= 15 is 19.2 Å². The van der Waals surface area contributed by atoms with E-state index < -0.39 is 162 Å². The third-order valence-corrected chi connectivity index (χ3v) is 18.3. The number of benzene rings is 2. The van der Waals surface area contributed by atoms with E-state index in [1.807, 2.05) is 55.4 Å². The molecule has 2 aromatic carbocycles. The van der Waals surface area contributed by atoms with Crippen LogP contribution in [-0.2, 0) is 52.7 Å². The van der Waals surface area contributed by atoms with Crippen LogP contribution in [0.2, 0.25) is 0 Å². The van der Waals surface area contributed by atoms with Crippen LogP contribution in [0, 0.1) is 41.4 Å². The number of carboxylic acid groups (broad SMARTS) is 1. The number of allylic oxidation sites excluding steroid dienone is 1. The number of aliphatic hydroxyl groups excluding tert-OH is 1. The first-order chi connectivity index (χ1) is 45.0. The normalized spacial score (nSPS) is 25.0. The summed E-state index contributed by atoms with van der Waals surface area (Å²) in [4.78, 5) is 183. The molecule has 1 aliphatic rings. The molecule has 0 radical (unpaired) electrons. The Hall–Kier alpha value is -7.96. The number of carbonyl (C=O) groups is 12. The average Bonchev–Trinajstić information content (AvgIpc) is 0.817. The Morgan fingerprint density at radius 2 is 0.948 bits per heavy atom. The first kappa shape index (κ1) is 83.3. The van der Waals surface area contributed by atoms with Crippen molar-refractivity contribution in [3.8, 4) is 0 Å².